The molecule has 0 radical (unpaired) electrons. The fourth-order valence-corrected chi connectivity index (χ4v) is 2.95. The van der Waals surface area contributed by atoms with Crippen LogP contribution in [0.4, 0.5) is 5.69 Å². The zero-order valence-corrected chi connectivity index (χ0v) is 13.0. The normalized spacial score (nSPS) is 24.1. The van der Waals surface area contributed by atoms with E-state index in [9.17, 15) is 9.90 Å². The second-order valence-electron chi connectivity index (χ2n) is 6.01. The topological polar surface area (TPSA) is 67.8 Å². The number of esters is 1. The van der Waals surface area contributed by atoms with Crippen molar-refractivity contribution in [3.8, 4) is 5.75 Å². The van der Waals surface area contributed by atoms with E-state index in [0.717, 1.165) is 30.6 Å². The molecule has 21 heavy (non-hydrogen) atoms. The SMILES string of the molecule is COC(=O)c1cc(C)c(NCC2CC(C)(O)C2)c(OC)c1. The van der Waals surface area contributed by atoms with Crippen LogP contribution < -0.4 is 10.1 Å². The monoisotopic (exact) mass is 293 g/mol. The van der Waals surface area contributed by atoms with E-state index in [1.54, 1.807) is 19.2 Å². The molecule has 1 aliphatic rings. The first-order valence-electron chi connectivity index (χ1n) is 7.09. The van der Waals surface area contributed by atoms with Crippen LogP contribution in [0.3, 0.4) is 0 Å². The van der Waals surface area contributed by atoms with Crippen molar-refractivity contribution >= 4 is 11.7 Å². The van der Waals surface area contributed by atoms with Gasteiger partial charge in [-0.15, -0.1) is 0 Å². The molecule has 116 valence electrons. The average molecular weight is 293 g/mol. The lowest BCUT2D eigenvalue weighted by molar-refractivity contribution is -0.0523. The first-order valence-corrected chi connectivity index (χ1v) is 7.09. The van der Waals surface area contributed by atoms with Crippen LogP contribution in [0.25, 0.3) is 0 Å². The van der Waals surface area contributed by atoms with Crippen LogP contribution in [0.5, 0.6) is 5.75 Å². The highest BCUT2D eigenvalue weighted by Gasteiger charge is 2.37. The largest absolute Gasteiger partial charge is 0.495 e. The van der Waals surface area contributed by atoms with E-state index >= 15 is 0 Å². The number of rotatable bonds is 5. The van der Waals surface area contributed by atoms with Crippen LogP contribution in [0.2, 0.25) is 0 Å². The van der Waals surface area contributed by atoms with Crippen molar-refractivity contribution in [2.45, 2.75) is 32.3 Å². The minimum atomic E-state index is -0.514. The first-order chi connectivity index (χ1) is 9.86. The highest BCUT2D eigenvalue weighted by molar-refractivity contribution is 5.91. The molecular formula is C16H23NO4. The van der Waals surface area contributed by atoms with E-state index in [1.165, 1.54) is 7.11 Å². The van der Waals surface area contributed by atoms with E-state index in [2.05, 4.69) is 5.32 Å². The Morgan fingerprint density at radius 1 is 1.43 bits per heavy atom. The Kier molecular flexibility index (Phi) is 4.42. The van der Waals surface area contributed by atoms with Crippen molar-refractivity contribution in [1.29, 1.82) is 0 Å². The first kappa shape index (κ1) is 15.6. The lowest BCUT2D eigenvalue weighted by atomic mass is 9.72. The fraction of sp³-hybridized carbons (Fsp3) is 0.562. The van der Waals surface area contributed by atoms with Crippen LogP contribution >= 0.6 is 0 Å². The quantitative estimate of drug-likeness (QED) is 0.816. The van der Waals surface area contributed by atoms with E-state index in [0.29, 0.717) is 17.2 Å². The van der Waals surface area contributed by atoms with Crippen molar-refractivity contribution in [2.24, 2.45) is 5.92 Å². The molecule has 2 N–H and O–H groups in total. The van der Waals surface area contributed by atoms with E-state index in [4.69, 9.17) is 9.47 Å². The second kappa shape index (κ2) is 5.93. The maximum absolute atomic E-state index is 11.6. The average Bonchev–Trinajstić information content (AvgIpc) is 2.41. The van der Waals surface area contributed by atoms with Gasteiger partial charge in [-0.2, -0.15) is 0 Å². The number of benzene rings is 1. The lowest BCUT2D eigenvalue weighted by Gasteiger charge is -2.41. The van der Waals surface area contributed by atoms with Gasteiger partial charge in [-0.25, -0.2) is 4.79 Å². The molecule has 0 bridgehead atoms. The minimum absolute atomic E-state index is 0.377. The van der Waals surface area contributed by atoms with Gasteiger partial charge in [0.2, 0.25) is 0 Å². The van der Waals surface area contributed by atoms with E-state index in [-0.39, 0.29) is 5.97 Å². The molecule has 1 aliphatic carbocycles. The van der Waals surface area contributed by atoms with Gasteiger partial charge in [-0.1, -0.05) is 0 Å². The van der Waals surface area contributed by atoms with Gasteiger partial charge < -0.3 is 19.9 Å². The molecule has 0 aliphatic heterocycles. The maximum atomic E-state index is 11.6. The Balaban J connectivity index is 2.10. The van der Waals surface area contributed by atoms with Gasteiger partial charge in [-0.3, -0.25) is 0 Å². The molecule has 0 heterocycles. The molecule has 1 fully saturated rings. The molecule has 0 aromatic heterocycles. The summed E-state index contributed by atoms with van der Waals surface area (Å²) in [5.74, 6) is 0.712. The van der Waals surface area contributed by atoms with Crippen LogP contribution in [0.15, 0.2) is 12.1 Å². The number of ether oxygens (including phenoxy) is 2. The number of carbonyl (C=O) groups excluding carboxylic acids is 1. The Bertz CT molecular complexity index is 531. The third-order valence-electron chi connectivity index (χ3n) is 3.96. The predicted molar refractivity (Wildman–Crippen MR) is 80.9 cm³/mol. The number of carbonyl (C=O) groups is 1. The number of nitrogens with one attached hydrogen (secondary N) is 1. The van der Waals surface area contributed by atoms with Crippen molar-refractivity contribution in [3.63, 3.8) is 0 Å². The van der Waals surface area contributed by atoms with Gasteiger partial charge in [0, 0.05) is 6.54 Å². The summed E-state index contributed by atoms with van der Waals surface area (Å²) in [6.45, 7) is 4.57. The molecular weight excluding hydrogens is 270 g/mol. The van der Waals surface area contributed by atoms with Gasteiger partial charge in [0.15, 0.2) is 0 Å². The summed E-state index contributed by atoms with van der Waals surface area (Å²) in [5, 5.41) is 13.1. The lowest BCUT2D eigenvalue weighted by Crippen LogP contribution is -2.43. The Morgan fingerprint density at radius 2 is 2.10 bits per heavy atom. The zero-order chi connectivity index (χ0) is 15.6. The van der Waals surface area contributed by atoms with Crippen LogP contribution in [0, 0.1) is 12.8 Å². The van der Waals surface area contributed by atoms with Gasteiger partial charge >= 0.3 is 5.97 Å². The Labute approximate surface area is 125 Å². The van der Waals surface area contributed by atoms with E-state index < -0.39 is 5.60 Å². The molecule has 5 heteroatoms. The number of aryl methyl sites for hydroxylation is 1. The minimum Gasteiger partial charge on any atom is -0.495 e. The van der Waals surface area contributed by atoms with Crippen molar-refractivity contribution < 1.29 is 19.4 Å². The van der Waals surface area contributed by atoms with Crippen molar-refractivity contribution in [3.05, 3.63) is 23.3 Å². The molecule has 0 amide bonds. The summed E-state index contributed by atoms with van der Waals surface area (Å²) in [5.41, 5.74) is 1.78. The third-order valence-corrected chi connectivity index (χ3v) is 3.96. The molecule has 0 spiro atoms. The Hall–Kier alpha value is -1.75. The standard InChI is InChI=1S/C16H23NO4/c1-10-5-12(15(18)21-4)6-13(20-3)14(10)17-9-11-7-16(2,19)8-11/h5-6,11,17,19H,7-9H2,1-4H3. The second-order valence-corrected chi connectivity index (χ2v) is 6.01. The van der Waals surface area contributed by atoms with Gasteiger partial charge in [0.1, 0.15) is 5.75 Å². The van der Waals surface area contributed by atoms with Crippen molar-refractivity contribution in [2.75, 3.05) is 26.1 Å². The molecule has 0 atom stereocenters. The van der Waals surface area contributed by atoms with Crippen LogP contribution in [-0.2, 0) is 4.74 Å². The summed E-state index contributed by atoms with van der Waals surface area (Å²) in [7, 11) is 2.94. The molecule has 0 saturated heterocycles. The number of aliphatic hydroxyl groups is 1. The van der Waals surface area contributed by atoms with Gasteiger partial charge in [0.05, 0.1) is 31.1 Å². The summed E-state index contributed by atoms with van der Waals surface area (Å²) >= 11 is 0. The number of hydrogen-bond donors (Lipinski definition) is 2. The Morgan fingerprint density at radius 3 is 2.62 bits per heavy atom. The van der Waals surface area contributed by atoms with Crippen LogP contribution in [-0.4, -0.2) is 37.4 Å². The number of anilines is 1. The summed E-state index contributed by atoms with van der Waals surface area (Å²) < 4.78 is 10.1. The molecule has 1 aromatic carbocycles. The third kappa shape index (κ3) is 3.47. The van der Waals surface area contributed by atoms with Gasteiger partial charge in [-0.05, 0) is 50.3 Å². The fourth-order valence-electron chi connectivity index (χ4n) is 2.95. The molecule has 1 aromatic rings. The maximum Gasteiger partial charge on any atom is 0.337 e. The molecule has 0 unspecified atom stereocenters. The highest BCUT2D eigenvalue weighted by atomic mass is 16.5. The van der Waals surface area contributed by atoms with Crippen LogP contribution in [0.1, 0.15) is 35.7 Å². The molecule has 2 rings (SSSR count). The number of methoxy groups -OCH3 is 2. The summed E-state index contributed by atoms with van der Waals surface area (Å²) in [6.07, 6.45) is 1.61. The summed E-state index contributed by atoms with van der Waals surface area (Å²) in [6, 6.07) is 3.46. The zero-order valence-electron chi connectivity index (χ0n) is 13.0. The highest BCUT2D eigenvalue weighted by Crippen LogP contribution is 2.38. The van der Waals surface area contributed by atoms with Gasteiger partial charge in [0.25, 0.3) is 0 Å². The summed E-state index contributed by atoms with van der Waals surface area (Å²) in [4.78, 5) is 11.6. The predicted octanol–water partition coefficient (Wildman–Crippen LogP) is 2.36. The van der Waals surface area contributed by atoms with Crippen molar-refractivity contribution in [1.82, 2.24) is 0 Å². The molecule has 5 nitrogen and oxygen atoms in total. The number of hydrogen-bond acceptors (Lipinski definition) is 5. The van der Waals surface area contributed by atoms with E-state index in [1.807, 2.05) is 13.8 Å². The smallest absolute Gasteiger partial charge is 0.337 e. The molecule has 1 saturated carbocycles.